The van der Waals surface area contributed by atoms with Crippen LogP contribution >= 0.6 is 0 Å². The third-order valence-corrected chi connectivity index (χ3v) is 10.6. The van der Waals surface area contributed by atoms with E-state index in [-0.39, 0.29) is 48.3 Å². The van der Waals surface area contributed by atoms with Crippen molar-refractivity contribution in [2.75, 3.05) is 38.2 Å². The number of pyridine rings is 1. The summed E-state index contributed by atoms with van der Waals surface area (Å²) < 4.78 is 71.4. The topological polar surface area (TPSA) is 148 Å². The first-order chi connectivity index (χ1) is 22.4. The molecule has 0 bridgehead atoms. The van der Waals surface area contributed by atoms with Gasteiger partial charge in [-0.2, -0.15) is 0 Å². The molecule has 3 heterocycles. The van der Waals surface area contributed by atoms with Crippen LogP contribution in [0.5, 0.6) is 5.75 Å². The number of rotatable bonds is 5. The second-order valence-electron chi connectivity index (χ2n) is 15.0. The molecule has 0 spiro atoms. The molecule has 11 nitrogen and oxygen atoms in total. The Bertz CT molecular complexity index is 1690. The Morgan fingerprint density at radius 2 is 1.77 bits per heavy atom. The zero-order valence-corrected chi connectivity index (χ0v) is 27.6. The number of carbonyl (C=O) groups is 2. The Kier molecular flexibility index (Phi) is 8.21. The van der Waals surface area contributed by atoms with Crippen molar-refractivity contribution in [3.63, 3.8) is 0 Å². The fourth-order valence-corrected chi connectivity index (χ4v) is 8.09. The molecule has 1 aromatic heterocycles. The molecular weight excluding hydrogens is 638 g/mol. The number of carboxylic acid groups (broad SMARTS) is 1. The Labute approximate surface area is 275 Å². The molecule has 0 unspecified atom stereocenters. The molecule has 2 aliphatic heterocycles. The zero-order valence-electron chi connectivity index (χ0n) is 27.6. The van der Waals surface area contributed by atoms with Gasteiger partial charge in [-0.05, 0) is 65.4 Å². The van der Waals surface area contributed by atoms with E-state index >= 15 is 8.78 Å². The minimum Gasteiger partial charge on any atom is -0.492 e. The van der Waals surface area contributed by atoms with Crippen molar-refractivity contribution < 1.29 is 41.7 Å². The molecule has 0 radical (unpaired) electrons. The third-order valence-electron chi connectivity index (χ3n) is 10.6. The number of benzene rings is 1. The summed E-state index contributed by atoms with van der Waals surface area (Å²) in [6.07, 6.45) is 2.85. The summed E-state index contributed by atoms with van der Waals surface area (Å²) in [5.74, 6) is -2.40. The van der Waals surface area contributed by atoms with Crippen LogP contribution in [0.1, 0.15) is 82.1 Å². The molecule has 2 aromatic rings. The first-order valence-electron chi connectivity index (χ1n) is 16.3. The fraction of sp³-hybridized carbons (Fsp3) is 0.667. The first kappa shape index (κ1) is 34.3. The van der Waals surface area contributed by atoms with Gasteiger partial charge in [0.15, 0.2) is 11.6 Å². The number of alkyl halides is 3. The second-order valence-corrected chi connectivity index (χ2v) is 15.0. The van der Waals surface area contributed by atoms with Gasteiger partial charge in [0.25, 0.3) is 0 Å². The minimum atomic E-state index is -1.67. The quantitative estimate of drug-likeness (QED) is 0.340. The van der Waals surface area contributed by atoms with E-state index in [1.807, 2.05) is 0 Å². The van der Waals surface area contributed by atoms with Crippen molar-refractivity contribution in [2.45, 2.75) is 106 Å². The fourth-order valence-electron chi connectivity index (χ4n) is 8.09. The lowest BCUT2D eigenvalue weighted by Gasteiger charge is -2.34. The number of nitrogens with one attached hydrogen (secondary N) is 2. The van der Waals surface area contributed by atoms with Gasteiger partial charge in [0.2, 0.25) is 5.43 Å². The normalized spacial score (nSPS) is 33.6. The minimum absolute atomic E-state index is 0.0569. The first-order valence-corrected chi connectivity index (χ1v) is 16.3. The summed E-state index contributed by atoms with van der Waals surface area (Å²) in [6, 6.07) is 0.232. The predicted octanol–water partition coefficient (Wildman–Crippen LogP) is 4.29. The average Bonchev–Trinajstić information content (AvgIpc) is 3.18. The summed E-state index contributed by atoms with van der Waals surface area (Å²) in [6.45, 7) is 6.15. The van der Waals surface area contributed by atoms with E-state index in [4.69, 9.17) is 15.2 Å². The van der Waals surface area contributed by atoms with Gasteiger partial charge >= 0.3 is 12.1 Å². The molecule has 5 aliphatic rings. The molecule has 1 aromatic carbocycles. The lowest BCUT2D eigenvalue weighted by atomic mass is 9.88. The average molecular weight is 682 g/mol. The van der Waals surface area contributed by atoms with Crippen LogP contribution in [0.4, 0.5) is 28.0 Å². The second kappa shape index (κ2) is 11.5. The van der Waals surface area contributed by atoms with E-state index in [1.54, 1.807) is 20.8 Å². The van der Waals surface area contributed by atoms with Crippen LogP contribution in [-0.2, 0) is 4.74 Å². The van der Waals surface area contributed by atoms with Crippen molar-refractivity contribution in [3.05, 3.63) is 33.9 Å². The maximum absolute atomic E-state index is 15.5. The van der Waals surface area contributed by atoms with Crippen molar-refractivity contribution in [1.82, 2.24) is 15.2 Å². The van der Waals surface area contributed by atoms with E-state index in [0.717, 1.165) is 18.7 Å². The highest BCUT2D eigenvalue weighted by molar-refractivity contribution is 5.97. The molecule has 48 heavy (non-hydrogen) atoms. The number of nitrogens with zero attached hydrogens (tertiary/aromatic N) is 2. The maximum Gasteiger partial charge on any atom is 0.408 e. The summed E-state index contributed by atoms with van der Waals surface area (Å²) in [5, 5.41) is 14.9. The number of nitrogens with two attached hydrogens (primary N) is 1. The molecule has 1 amide bonds. The van der Waals surface area contributed by atoms with E-state index < -0.39 is 69.1 Å². The standard InChI is InChI=1S/C21H22F3N3O4.C12H21FN2O2/c1-31-18-15-10(17(28)11(19(29)30)7-27(15)14-6-12(14)22)5-13(23)16(18)26-8-20(24)3-2-4-21(20,25)9-26;1-10(2,3)17-9(16)15-12-6-4-5-11(12,13)7-14-8-12/h5,7,12,14H,2-4,6,8-9,25H2,1H3,(H,29,30);14H,4-8H2,1-3H3,(H,15,16)/t12-,14+,20-,21+;11-,12+/m00/s1. The van der Waals surface area contributed by atoms with Crippen molar-refractivity contribution in [2.24, 2.45) is 5.73 Å². The number of methoxy groups -OCH3 is 1. The van der Waals surface area contributed by atoms with Crippen LogP contribution in [0, 0.1) is 5.82 Å². The van der Waals surface area contributed by atoms with Crippen LogP contribution in [0.15, 0.2) is 17.1 Å². The van der Waals surface area contributed by atoms with Gasteiger partial charge < -0.3 is 40.4 Å². The zero-order chi connectivity index (χ0) is 35.0. The number of hydrogen-bond acceptors (Lipinski definition) is 8. The summed E-state index contributed by atoms with van der Waals surface area (Å²) in [5.41, 5.74) is -0.555. The van der Waals surface area contributed by atoms with Gasteiger partial charge in [0.05, 0.1) is 41.7 Å². The number of aromatic nitrogens is 1. The highest BCUT2D eigenvalue weighted by Crippen LogP contribution is 2.51. The molecule has 3 aliphatic carbocycles. The van der Waals surface area contributed by atoms with Crippen molar-refractivity contribution >= 4 is 28.7 Å². The Morgan fingerprint density at radius 3 is 2.38 bits per heavy atom. The summed E-state index contributed by atoms with van der Waals surface area (Å²) >= 11 is 0. The van der Waals surface area contributed by atoms with Gasteiger partial charge in [-0.15, -0.1) is 0 Å². The van der Waals surface area contributed by atoms with Gasteiger partial charge in [-0.3, -0.25) is 4.79 Å². The third kappa shape index (κ3) is 5.56. The lowest BCUT2D eigenvalue weighted by molar-refractivity contribution is 0.0333. The Hall–Kier alpha value is -3.59. The van der Waals surface area contributed by atoms with Gasteiger partial charge in [0.1, 0.15) is 34.4 Å². The Morgan fingerprint density at radius 1 is 1.10 bits per heavy atom. The summed E-state index contributed by atoms with van der Waals surface area (Å²) in [7, 11) is 1.28. The molecule has 5 fully saturated rings. The molecule has 264 valence electrons. The monoisotopic (exact) mass is 681 g/mol. The Balaban J connectivity index is 0.000000200. The molecule has 6 atom stereocenters. The summed E-state index contributed by atoms with van der Waals surface area (Å²) in [4.78, 5) is 37.5. The molecule has 2 saturated heterocycles. The van der Waals surface area contributed by atoms with Gasteiger partial charge in [-0.1, -0.05) is 0 Å². The maximum atomic E-state index is 15.5. The van der Waals surface area contributed by atoms with Crippen LogP contribution in [-0.4, -0.2) is 89.2 Å². The van der Waals surface area contributed by atoms with Crippen LogP contribution < -0.4 is 31.4 Å². The largest absolute Gasteiger partial charge is 0.492 e. The van der Waals surface area contributed by atoms with Crippen LogP contribution in [0.2, 0.25) is 0 Å². The van der Waals surface area contributed by atoms with Crippen molar-refractivity contribution in [1.29, 1.82) is 0 Å². The molecule has 3 saturated carbocycles. The SMILES string of the molecule is CC(C)(C)OC(=O)N[C@@]12CCC[C@]1(F)CNC2.COc1c(N2C[C@]3(N)CCC[C@]3(F)C2)c(F)cc2c(=O)c(C(=O)O)cn([C@@H]3C[C@@H]3F)c12. The number of amides is 1. The number of aromatic carboxylic acids is 1. The number of carbonyl (C=O) groups excluding carboxylic acids is 1. The molecule has 15 heteroatoms. The number of carboxylic acids is 1. The highest BCUT2D eigenvalue weighted by atomic mass is 19.2. The van der Waals surface area contributed by atoms with Crippen LogP contribution in [0.25, 0.3) is 10.9 Å². The number of anilines is 1. The predicted molar refractivity (Wildman–Crippen MR) is 170 cm³/mol. The van der Waals surface area contributed by atoms with E-state index in [0.29, 0.717) is 38.8 Å². The van der Waals surface area contributed by atoms with E-state index in [2.05, 4.69) is 10.6 Å². The highest BCUT2D eigenvalue weighted by Gasteiger charge is 2.61. The molecule has 5 N–H and O–H groups in total. The number of halogens is 4. The number of ether oxygens (including phenoxy) is 2. The van der Waals surface area contributed by atoms with Gasteiger partial charge in [0, 0.05) is 32.3 Å². The van der Waals surface area contributed by atoms with E-state index in [1.165, 1.54) is 16.6 Å². The van der Waals surface area contributed by atoms with Crippen LogP contribution in [0.3, 0.4) is 0 Å². The van der Waals surface area contributed by atoms with Crippen molar-refractivity contribution in [3.8, 4) is 5.75 Å². The smallest absolute Gasteiger partial charge is 0.408 e. The van der Waals surface area contributed by atoms with Gasteiger partial charge in [-0.25, -0.2) is 27.2 Å². The van der Waals surface area contributed by atoms with E-state index in [9.17, 15) is 28.3 Å². The lowest BCUT2D eigenvalue weighted by Crippen LogP contribution is -2.59. The number of fused-ring (bicyclic) bond motifs is 3. The number of alkyl carbamates (subject to hydrolysis) is 1. The number of hydrogen-bond donors (Lipinski definition) is 4. The molecule has 7 rings (SSSR count). The molecular formula is C33H43F4N5O6.